The molecule has 3 aromatic rings. The predicted molar refractivity (Wildman–Crippen MR) is 125 cm³/mol. The summed E-state index contributed by atoms with van der Waals surface area (Å²) in [7, 11) is 1.59. The summed E-state index contributed by atoms with van der Waals surface area (Å²) in [5, 5.41) is 1.82. The molecule has 33 heavy (non-hydrogen) atoms. The van der Waals surface area contributed by atoms with Gasteiger partial charge in [0.1, 0.15) is 18.1 Å². The molecule has 0 atom stereocenters. The van der Waals surface area contributed by atoms with Crippen LogP contribution in [0.5, 0.6) is 5.75 Å². The number of rotatable bonds is 6. The number of halogens is 1. The maximum Gasteiger partial charge on any atom is 0.294 e. The lowest BCUT2D eigenvalue weighted by Crippen LogP contribution is -2.36. The summed E-state index contributed by atoms with van der Waals surface area (Å²) in [6, 6.07) is 16.9. The first-order chi connectivity index (χ1) is 15.9. The quantitative estimate of drug-likeness (QED) is 0.538. The lowest BCUT2D eigenvalue weighted by molar-refractivity contribution is -0.127. The molecule has 9 heteroatoms. The van der Waals surface area contributed by atoms with Gasteiger partial charge < -0.3 is 14.6 Å². The Balaban J connectivity index is 1.54. The second-order valence-electron chi connectivity index (χ2n) is 7.23. The van der Waals surface area contributed by atoms with E-state index in [4.69, 9.17) is 4.74 Å². The van der Waals surface area contributed by atoms with Crippen LogP contribution < -0.4 is 10.1 Å². The standard InChI is InChI=1S/C24H20FN3O4S/c1-15-7-8-17(28(15)16-9-11-18(32-2)12-10-16)13-21-23(30)27(24(31)33-21)14-22(29)26-20-6-4-3-5-19(20)25/h3-13H,14H2,1-2H3,(H,26,29)/b21-13-. The van der Waals surface area contributed by atoms with Gasteiger partial charge in [-0.3, -0.25) is 19.3 Å². The highest BCUT2D eigenvalue weighted by Gasteiger charge is 2.36. The molecule has 2 heterocycles. The Hall–Kier alpha value is -3.85. The molecule has 1 aliphatic heterocycles. The maximum atomic E-state index is 13.8. The number of hydrogen-bond acceptors (Lipinski definition) is 5. The Labute approximate surface area is 193 Å². The third-order valence-electron chi connectivity index (χ3n) is 5.04. The third kappa shape index (κ3) is 4.68. The topological polar surface area (TPSA) is 80.6 Å². The smallest absolute Gasteiger partial charge is 0.294 e. The van der Waals surface area contributed by atoms with Gasteiger partial charge in [-0.25, -0.2) is 4.39 Å². The first-order valence-corrected chi connectivity index (χ1v) is 10.8. The summed E-state index contributed by atoms with van der Waals surface area (Å²) in [6.07, 6.45) is 1.62. The molecule has 1 aliphatic rings. The van der Waals surface area contributed by atoms with Crippen LogP contribution in [0.25, 0.3) is 11.8 Å². The molecule has 0 saturated carbocycles. The fraction of sp³-hybridized carbons (Fsp3) is 0.125. The second kappa shape index (κ2) is 9.33. The van der Waals surface area contributed by atoms with Crippen molar-refractivity contribution in [3.63, 3.8) is 0 Å². The number of nitrogens with one attached hydrogen (secondary N) is 1. The number of aromatic nitrogens is 1. The Morgan fingerprint density at radius 3 is 2.52 bits per heavy atom. The van der Waals surface area contributed by atoms with E-state index in [9.17, 15) is 18.8 Å². The fourth-order valence-corrected chi connectivity index (χ4v) is 4.24. The highest BCUT2D eigenvalue weighted by molar-refractivity contribution is 8.18. The number of carbonyl (C=O) groups is 3. The van der Waals surface area contributed by atoms with Crippen LogP contribution in [0.4, 0.5) is 14.9 Å². The normalized spacial score (nSPS) is 14.8. The Kier molecular flexibility index (Phi) is 6.32. The summed E-state index contributed by atoms with van der Waals surface area (Å²) in [6.45, 7) is 1.43. The lowest BCUT2D eigenvalue weighted by atomic mass is 10.2. The van der Waals surface area contributed by atoms with Crippen molar-refractivity contribution in [2.24, 2.45) is 0 Å². The largest absolute Gasteiger partial charge is 0.497 e. The van der Waals surface area contributed by atoms with E-state index in [1.807, 2.05) is 47.9 Å². The van der Waals surface area contributed by atoms with E-state index in [1.54, 1.807) is 19.3 Å². The molecule has 168 valence electrons. The van der Waals surface area contributed by atoms with Crippen LogP contribution >= 0.6 is 11.8 Å². The van der Waals surface area contributed by atoms with Gasteiger partial charge in [0, 0.05) is 17.1 Å². The number of imide groups is 1. The van der Waals surface area contributed by atoms with Crippen molar-refractivity contribution in [3.05, 3.63) is 82.8 Å². The van der Waals surface area contributed by atoms with Gasteiger partial charge >= 0.3 is 0 Å². The molecule has 3 amide bonds. The number of para-hydroxylation sites is 1. The average Bonchev–Trinajstić information content (AvgIpc) is 3.29. The molecule has 0 aliphatic carbocycles. The minimum Gasteiger partial charge on any atom is -0.497 e. The van der Waals surface area contributed by atoms with Gasteiger partial charge in [-0.15, -0.1) is 0 Å². The van der Waals surface area contributed by atoms with E-state index in [1.165, 1.54) is 18.2 Å². The zero-order valence-corrected chi connectivity index (χ0v) is 18.7. The first kappa shape index (κ1) is 22.3. The van der Waals surface area contributed by atoms with Crippen molar-refractivity contribution in [1.82, 2.24) is 9.47 Å². The van der Waals surface area contributed by atoms with Gasteiger partial charge in [-0.2, -0.15) is 0 Å². The number of carbonyl (C=O) groups excluding carboxylic acids is 3. The molecule has 4 rings (SSSR count). The molecule has 1 N–H and O–H groups in total. The number of anilines is 1. The van der Waals surface area contributed by atoms with Gasteiger partial charge in [-0.1, -0.05) is 12.1 Å². The maximum absolute atomic E-state index is 13.8. The first-order valence-electron chi connectivity index (χ1n) is 10.00. The van der Waals surface area contributed by atoms with Crippen LogP contribution in [0.15, 0.2) is 65.6 Å². The number of amides is 3. The van der Waals surface area contributed by atoms with Crippen molar-refractivity contribution in [3.8, 4) is 11.4 Å². The molecule has 1 aromatic heterocycles. The Morgan fingerprint density at radius 2 is 1.82 bits per heavy atom. The van der Waals surface area contributed by atoms with E-state index in [-0.39, 0.29) is 10.6 Å². The van der Waals surface area contributed by atoms with Crippen LogP contribution in [0.2, 0.25) is 0 Å². The molecule has 2 aromatic carbocycles. The number of hydrogen-bond donors (Lipinski definition) is 1. The number of methoxy groups -OCH3 is 1. The van der Waals surface area contributed by atoms with Crippen molar-refractivity contribution in [1.29, 1.82) is 0 Å². The highest BCUT2D eigenvalue weighted by Crippen LogP contribution is 2.33. The summed E-state index contributed by atoms with van der Waals surface area (Å²) >= 11 is 0.758. The zero-order chi connectivity index (χ0) is 23.5. The number of aryl methyl sites for hydroxylation is 1. The van der Waals surface area contributed by atoms with E-state index >= 15 is 0 Å². The van der Waals surface area contributed by atoms with Gasteiger partial charge in [0.15, 0.2) is 0 Å². The fourth-order valence-electron chi connectivity index (χ4n) is 3.42. The van der Waals surface area contributed by atoms with Crippen LogP contribution in [0.3, 0.4) is 0 Å². The summed E-state index contributed by atoms with van der Waals surface area (Å²) in [5.74, 6) is -1.12. The van der Waals surface area contributed by atoms with Gasteiger partial charge in [-0.05, 0) is 73.3 Å². The van der Waals surface area contributed by atoms with E-state index in [2.05, 4.69) is 5.32 Å². The van der Waals surface area contributed by atoms with Crippen LogP contribution in [0.1, 0.15) is 11.4 Å². The van der Waals surface area contributed by atoms with Crippen molar-refractivity contribution in [2.45, 2.75) is 6.92 Å². The highest BCUT2D eigenvalue weighted by atomic mass is 32.2. The predicted octanol–water partition coefficient (Wildman–Crippen LogP) is 4.61. The monoisotopic (exact) mass is 465 g/mol. The van der Waals surface area contributed by atoms with Gasteiger partial charge in [0.2, 0.25) is 5.91 Å². The Morgan fingerprint density at radius 1 is 1.09 bits per heavy atom. The minimum absolute atomic E-state index is 0.0159. The van der Waals surface area contributed by atoms with Crippen molar-refractivity contribution < 1.29 is 23.5 Å². The van der Waals surface area contributed by atoms with Crippen molar-refractivity contribution in [2.75, 3.05) is 19.0 Å². The van der Waals surface area contributed by atoms with Crippen LogP contribution in [0, 0.1) is 12.7 Å². The van der Waals surface area contributed by atoms with Crippen molar-refractivity contribution >= 4 is 40.6 Å². The molecule has 1 fully saturated rings. The Bertz CT molecular complexity index is 1270. The van der Waals surface area contributed by atoms with Crippen LogP contribution in [-0.2, 0) is 9.59 Å². The van der Waals surface area contributed by atoms with Gasteiger partial charge in [0.05, 0.1) is 17.7 Å². The van der Waals surface area contributed by atoms with Crippen LogP contribution in [-0.4, -0.2) is 40.2 Å². The number of benzene rings is 2. The number of thioether (sulfide) groups is 1. The molecule has 0 spiro atoms. The average molecular weight is 466 g/mol. The zero-order valence-electron chi connectivity index (χ0n) is 17.9. The summed E-state index contributed by atoms with van der Waals surface area (Å²) in [5.41, 5.74) is 2.50. The molecule has 0 radical (unpaired) electrons. The third-order valence-corrected chi connectivity index (χ3v) is 5.95. The molecule has 1 saturated heterocycles. The second-order valence-corrected chi connectivity index (χ2v) is 8.22. The van der Waals surface area contributed by atoms with E-state index in [0.29, 0.717) is 5.69 Å². The minimum atomic E-state index is -0.666. The van der Waals surface area contributed by atoms with E-state index < -0.39 is 29.4 Å². The molecular weight excluding hydrogens is 445 g/mol. The number of nitrogens with zero attached hydrogens (tertiary/aromatic N) is 2. The van der Waals surface area contributed by atoms with E-state index in [0.717, 1.165) is 33.8 Å². The van der Waals surface area contributed by atoms with Gasteiger partial charge in [0.25, 0.3) is 11.1 Å². The molecule has 0 unspecified atom stereocenters. The molecule has 0 bridgehead atoms. The summed E-state index contributed by atoms with van der Waals surface area (Å²) in [4.78, 5) is 38.6. The number of ether oxygens (including phenoxy) is 1. The summed E-state index contributed by atoms with van der Waals surface area (Å²) < 4.78 is 20.9. The SMILES string of the molecule is COc1ccc(-n2c(C)ccc2/C=C2\SC(=O)N(CC(=O)Nc3ccccc3F)C2=O)cc1. The molecular formula is C24H20FN3O4S. The lowest BCUT2D eigenvalue weighted by Gasteiger charge is -2.13. The molecule has 7 nitrogen and oxygen atoms in total.